The van der Waals surface area contributed by atoms with Crippen LogP contribution in [0.15, 0.2) is 65.7 Å². The SMILES string of the molecule is CC1(C)N(Cc2ccccc2)C=NC1(C(=O)N1CCOCC1)c1ccccc1. The minimum atomic E-state index is -0.972. The predicted octanol–water partition coefficient (Wildman–Crippen LogP) is 3.06. The van der Waals surface area contributed by atoms with Gasteiger partial charge in [0.25, 0.3) is 5.91 Å². The van der Waals surface area contributed by atoms with Crippen LogP contribution in [0, 0.1) is 0 Å². The minimum Gasteiger partial charge on any atom is -0.378 e. The molecule has 0 bridgehead atoms. The Labute approximate surface area is 166 Å². The molecule has 0 aromatic heterocycles. The number of ether oxygens (including phenoxy) is 1. The molecule has 5 nitrogen and oxygen atoms in total. The fourth-order valence-electron chi connectivity index (χ4n) is 4.23. The lowest BCUT2D eigenvalue weighted by atomic mass is 9.73. The maximum Gasteiger partial charge on any atom is 0.257 e. The highest BCUT2D eigenvalue weighted by molar-refractivity contribution is 5.93. The van der Waals surface area contributed by atoms with Crippen molar-refractivity contribution in [2.75, 3.05) is 26.3 Å². The number of hydrogen-bond acceptors (Lipinski definition) is 4. The highest BCUT2D eigenvalue weighted by Gasteiger charge is 2.59. The Morgan fingerprint density at radius 3 is 2.25 bits per heavy atom. The normalized spacial score (nSPS) is 23.8. The molecule has 0 radical (unpaired) electrons. The summed E-state index contributed by atoms with van der Waals surface area (Å²) in [6.45, 7) is 7.32. The van der Waals surface area contributed by atoms with Crippen molar-refractivity contribution >= 4 is 12.2 Å². The van der Waals surface area contributed by atoms with Gasteiger partial charge in [-0.05, 0) is 25.0 Å². The van der Waals surface area contributed by atoms with E-state index in [0.717, 1.165) is 5.56 Å². The molecule has 1 fully saturated rings. The Bertz CT molecular complexity index is 845. The molecule has 0 aliphatic carbocycles. The first-order valence-electron chi connectivity index (χ1n) is 9.84. The zero-order valence-electron chi connectivity index (χ0n) is 16.5. The third kappa shape index (κ3) is 3.00. The van der Waals surface area contributed by atoms with Crippen molar-refractivity contribution in [2.45, 2.75) is 31.5 Å². The average molecular weight is 377 g/mol. The summed E-state index contributed by atoms with van der Waals surface area (Å²) in [6, 6.07) is 20.3. The molecule has 0 N–H and O–H groups in total. The van der Waals surface area contributed by atoms with E-state index in [1.165, 1.54) is 5.56 Å². The molecule has 2 aromatic rings. The number of aliphatic imine (C=N–C) groups is 1. The molecule has 146 valence electrons. The van der Waals surface area contributed by atoms with Gasteiger partial charge < -0.3 is 14.5 Å². The fraction of sp³-hybridized carbons (Fsp3) is 0.391. The van der Waals surface area contributed by atoms with Gasteiger partial charge in [-0.25, -0.2) is 0 Å². The molecule has 2 aliphatic rings. The summed E-state index contributed by atoms with van der Waals surface area (Å²) in [5.74, 6) is 0.0545. The zero-order valence-corrected chi connectivity index (χ0v) is 16.5. The van der Waals surface area contributed by atoms with Gasteiger partial charge >= 0.3 is 0 Å². The molecular weight excluding hydrogens is 350 g/mol. The molecule has 0 saturated carbocycles. The van der Waals surface area contributed by atoms with Crippen LogP contribution in [0.1, 0.15) is 25.0 Å². The Kier molecular flexibility index (Phi) is 4.94. The zero-order chi connectivity index (χ0) is 19.6. The van der Waals surface area contributed by atoms with Crippen molar-refractivity contribution in [3.63, 3.8) is 0 Å². The van der Waals surface area contributed by atoms with Gasteiger partial charge in [-0.3, -0.25) is 9.79 Å². The van der Waals surface area contributed by atoms with Crippen LogP contribution in [0.5, 0.6) is 0 Å². The van der Waals surface area contributed by atoms with Crippen LogP contribution < -0.4 is 0 Å². The summed E-state index contributed by atoms with van der Waals surface area (Å²) in [7, 11) is 0. The topological polar surface area (TPSA) is 45.1 Å². The van der Waals surface area contributed by atoms with Gasteiger partial charge in [0.05, 0.1) is 25.1 Å². The molecule has 1 saturated heterocycles. The minimum absolute atomic E-state index is 0.0545. The van der Waals surface area contributed by atoms with Gasteiger partial charge in [0.15, 0.2) is 5.54 Å². The lowest BCUT2D eigenvalue weighted by Gasteiger charge is -2.46. The molecular formula is C23H27N3O2. The monoisotopic (exact) mass is 377 g/mol. The average Bonchev–Trinajstić information content (AvgIpc) is 3.00. The first-order valence-corrected chi connectivity index (χ1v) is 9.84. The largest absolute Gasteiger partial charge is 0.378 e. The molecule has 28 heavy (non-hydrogen) atoms. The van der Waals surface area contributed by atoms with Crippen molar-refractivity contribution in [2.24, 2.45) is 4.99 Å². The number of carbonyl (C=O) groups is 1. The van der Waals surface area contributed by atoms with Gasteiger partial charge in [-0.2, -0.15) is 0 Å². The summed E-state index contributed by atoms with van der Waals surface area (Å²) in [6.07, 6.45) is 1.86. The van der Waals surface area contributed by atoms with Crippen molar-refractivity contribution in [1.29, 1.82) is 0 Å². The van der Waals surface area contributed by atoms with Crippen LogP contribution in [0.3, 0.4) is 0 Å². The van der Waals surface area contributed by atoms with Crippen molar-refractivity contribution < 1.29 is 9.53 Å². The molecule has 1 unspecified atom stereocenters. The molecule has 5 heteroatoms. The first-order chi connectivity index (χ1) is 13.6. The van der Waals surface area contributed by atoms with E-state index >= 15 is 0 Å². The smallest absolute Gasteiger partial charge is 0.257 e. The van der Waals surface area contributed by atoms with E-state index in [9.17, 15) is 4.79 Å². The Morgan fingerprint density at radius 2 is 1.61 bits per heavy atom. The van der Waals surface area contributed by atoms with E-state index in [2.05, 4.69) is 30.9 Å². The fourth-order valence-corrected chi connectivity index (χ4v) is 4.23. The summed E-state index contributed by atoms with van der Waals surface area (Å²) in [5, 5.41) is 0. The molecule has 4 rings (SSSR count). The molecule has 2 heterocycles. The first kappa shape index (κ1) is 18.7. The summed E-state index contributed by atoms with van der Waals surface area (Å²) < 4.78 is 5.46. The van der Waals surface area contributed by atoms with Crippen LogP contribution in [0.25, 0.3) is 0 Å². The molecule has 1 amide bonds. The lowest BCUT2D eigenvalue weighted by Crippen LogP contribution is -2.61. The third-order valence-corrected chi connectivity index (χ3v) is 5.99. The second kappa shape index (κ2) is 7.40. The van der Waals surface area contributed by atoms with Crippen molar-refractivity contribution in [3.05, 3.63) is 71.8 Å². The number of amides is 1. The maximum atomic E-state index is 13.9. The summed E-state index contributed by atoms with van der Waals surface area (Å²) in [5.41, 5.74) is 0.646. The van der Waals surface area contributed by atoms with E-state index in [4.69, 9.17) is 9.73 Å². The molecule has 2 aromatic carbocycles. The van der Waals surface area contributed by atoms with Gasteiger partial charge in [0.1, 0.15) is 0 Å². The number of carbonyl (C=O) groups excluding carboxylic acids is 1. The van der Waals surface area contributed by atoms with Crippen LogP contribution in [0.2, 0.25) is 0 Å². The Morgan fingerprint density at radius 1 is 1.00 bits per heavy atom. The second-order valence-corrected chi connectivity index (χ2v) is 7.90. The van der Waals surface area contributed by atoms with E-state index in [-0.39, 0.29) is 5.91 Å². The van der Waals surface area contributed by atoms with Gasteiger partial charge in [-0.15, -0.1) is 0 Å². The second-order valence-electron chi connectivity index (χ2n) is 7.90. The maximum absolute atomic E-state index is 13.9. The third-order valence-electron chi connectivity index (χ3n) is 5.99. The quantitative estimate of drug-likeness (QED) is 0.823. The molecule has 2 aliphatic heterocycles. The van der Waals surface area contributed by atoms with Crippen molar-refractivity contribution in [3.8, 4) is 0 Å². The number of hydrogen-bond donors (Lipinski definition) is 0. The van der Waals surface area contributed by atoms with Crippen molar-refractivity contribution in [1.82, 2.24) is 9.80 Å². The summed E-state index contributed by atoms with van der Waals surface area (Å²) >= 11 is 0. The van der Waals surface area contributed by atoms with Gasteiger partial charge in [-0.1, -0.05) is 60.7 Å². The molecule has 0 spiro atoms. The highest BCUT2D eigenvalue weighted by atomic mass is 16.5. The van der Waals surface area contributed by atoms with Crippen LogP contribution in [0.4, 0.5) is 0 Å². The van der Waals surface area contributed by atoms with E-state index < -0.39 is 11.1 Å². The van der Waals surface area contributed by atoms with E-state index in [1.807, 2.05) is 59.8 Å². The standard InChI is InChI=1S/C23H27N3O2/c1-22(2)23(20-11-7-4-8-12-20,21(27)25-13-15-28-16-14-25)24-18-26(22)17-19-9-5-3-6-10-19/h3-12,18H,13-17H2,1-2H3. The molecule has 1 atom stereocenters. The van der Waals surface area contributed by atoms with Gasteiger partial charge in [0.2, 0.25) is 0 Å². The van der Waals surface area contributed by atoms with Gasteiger partial charge in [0, 0.05) is 19.6 Å². The number of rotatable bonds is 4. The lowest BCUT2D eigenvalue weighted by molar-refractivity contribution is -0.145. The summed E-state index contributed by atoms with van der Waals surface area (Å²) in [4.78, 5) is 22.9. The Balaban J connectivity index is 1.74. The van der Waals surface area contributed by atoms with E-state index in [1.54, 1.807) is 0 Å². The number of nitrogens with zero attached hydrogens (tertiary/aromatic N) is 3. The number of morpholine rings is 1. The number of benzene rings is 2. The van der Waals surface area contributed by atoms with E-state index in [0.29, 0.717) is 32.8 Å². The van der Waals surface area contributed by atoms with Crippen LogP contribution >= 0.6 is 0 Å². The Hall–Kier alpha value is -2.66. The van der Waals surface area contributed by atoms with Crippen LogP contribution in [-0.2, 0) is 21.6 Å². The predicted molar refractivity (Wildman–Crippen MR) is 110 cm³/mol. The van der Waals surface area contributed by atoms with Crippen LogP contribution in [-0.4, -0.2) is 53.9 Å². The highest BCUT2D eigenvalue weighted by Crippen LogP contribution is 2.46.